The van der Waals surface area contributed by atoms with Gasteiger partial charge in [-0.05, 0) is 42.0 Å². The van der Waals surface area contributed by atoms with Gasteiger partial charge in [-0.2, -0.15) is 0 Å². The van der Waals surface area contributed by atoms with E-state index in [-0.39, 0.29) is 29.2 Å². The van der Waals surface area contributed by atoms with Gasteiger partial charge < -0.3 is 20.5 Å². The summed E-state index contributed by atoms with van der Waals surface area (Å²) in [6.45, 7) is 1.47. The number of hydrogen-bond acceptors (Lipinski definition) is 7. The summed E-state index contributed by atoms with van der Waals surface area (Å²) in [7, 11) is -4.22. The van der Waals surface area contributed by atoms with E-state index in [0.29, 0.717) is 16.9 Å². The Hall–Kier alpha value is -4.09. The van der Waals surface area contributed by atoms with Gasteiger partial charge in [-0.15, -0.1) is 0 Å². The predicted octanol–water partition coefficient (Wildman–Crippen LogP) is 4.00. The summed E-state index contributed by atoms with van der Waals surface area (Å²) in [6, 6.07) is 15.4. The monoisotopic (exact) mass is 583 g/mol. The second-order valence-electron chi connectivity index (χ2n) is 9.25. The third-order valence-corrected chi connectivity index (χ3v) is 8.31. The molecule has 0 bridgehead atoms. The molecule has 4 rings (SSSR count). The number of benzene rings is 2. The number of nitrogens with one attached hydrogen (secondary N) is 1. The number of nitrogen functional groups attached to an aromatic ring is 1. The van der Waals surface area contributed by atoms with Gasteiger partial charge in [-0.1, -0.05) is 42.0 Å². The predicted molar refractivity (Wildman–Crippen MR) is 157 cm³/mol. The average molecular weight is 584 g/mol. The van der Waals surface area contributed by atoms with Gasteiger partial charge in [-0.25, -0.2) is 8.42 Å². The number of aromatic nitrogens is 1. The highest BCUT2D eigenvalue weighted by atomic mass is 35.5. The maximum absolute atomic E-state index is 13.0. The average Bonchev–Trinajstić information content (AvgIpc) is 2.92. The Labute approximate surface area is 238 Å². The zero-order valence-corrected chi connectivity index (χ0v) is 23.2. The first-order chi connectivity index (χ1) is 19.1. The van der Waals surface area contributed by atoms with Gasteiger partial charge in [0.2, 0.25) is 10.0 Å². The van der Waals surface area contributed by atoms with Gasteiger partial charge in [0.15, 0.2) is 5.75 Å². The van der Waals surface area contributed by atoms with Crippen molar-refractivity contribution in [2.45, 2.75) is 18.9 Å². The van der Waals surface area contributed by atoms with E-state index in [9.17, 15) is 18.3 Å². The second-order valence-corrected chi connectivity index (χ2v) is 11.6. The number of piperidine rings is 1. The molecule has 1 fully saturated rings. The number of halogens is 1. The molecule has 2 heterocycles. The number of rotatable bonds is 11. The zero-order valence-electron chi connectivity index (χ0n) is 21.6. The molecule has 1 aliphatic rings. The minimum atomic E-state index is -4.22. The van der Waals surface area contributed by atoms with Crippen LogP contribution in [0.15, 0.2) is 73.1 Å². The molecule has 0 aliphatic carbocycles. The van der Waals surface area contributed by atoms with E-state index < -0.39 is 21.7 Å². The van der Waals surface area contributed by atoms with Gasteiger partial charge in [0.05, 0.1) is 29.1 Å². The quantitative estimate of drug-likeness (QED) is 0.226. The highest BCUT2D eigenvalue weighted by Gasteiger charge is 2.26. The lowest BCUT2D eigenvalue weighted by Crippen LogP contribution is -2.38. The molecule has 2 aromatic carbocycles. The summed E-state index contributed by atoms with van der Waals surface area (Å²) in [5.74, 6) is -2.20. The van der Waals surface area contributed by atoms with Crippen molar-refractivity contribution in [3.05, 3.63) is 89.2 Å². The summed E-state index contributed by atoms with van der Waals surface area (Å²) in [5.41, 5.74) is 8.06. The Morgan fingerprint density at radius 3 is 2.62 bits per heavy atom. The highest BCUT2D eigenvalue weighted by molar-refractivity contribution is 7.93. The van der Waals surface area contributed by atoms with Crippen molar-refractivity contribution < 1.29 is 23.1 Å². The SMILES string of the molecule is N=C(N)c1cccc(/C=C/CN(c2ccc(OC3CCN(c4cccnc4)CC3)c(Cl)c2)S(=O)(=O)CC(=O)O)c1. The van der Waals surface area contributed by atoms with E-state index in [1.165, 1.54) is 6.07 Å². The molecule has 0 spiro atoms. The molecule has 1 aliphatic heterocycles. The van der Waals surface area contributed by atoms with Crippen LogP contribution in [0.1, 0.15) is 24.0 Å². The molecule has 0 amide bonds. The van der Waals surface area contributed by atoms with Gasteiger partial charge in [-0.3, -0.25) is 19.5 Å². The Bertz CT molecular complexity index is 1490. The Kier molecular flexibility index (Phi) is 9.28. The van der Waals surface area contributed by atoms with Crippen molar-refractivity contribution in [3.63, 3.8) is 0 Å². The first-order valence-corrected chi connectivity index (χ1v) is 14.6. The zero-order chi connectivity index (χ0) is 28.7. The van der Waals surface area contributed by atoms with E-state index in [0.717, 1.165) is 35.9 Å². The van der Waals surface area contributed by atoms with Gasteiger partial charge in [0.25, 0.3) is 0 Å². The molecule has 4 N–H and O–H groups in total. The van der Waals surface area contributed by atoms with Crippen molar-refractivity contribution in [2.24, 2.45) is 5.73 Å². The summed E-state index contributed by atoms with van der Waals surface area (Å²) >= 11 is 6.52. The molecule has 0 atom stereocenters. The molecule has 1 aromatic heterocycles. The molecule has 10 nitrogen and oxygen atoms in total. The van der Waals surface area contributed by atoms with Crippen LogP contribution in [0.4, 0.5) is 11.4 Å². The Balaban J connectivity index is 1.48. The van der Waals surface area contributed by atoms with Crippen LogP contribution in [0.2, 0.25) is 5.02 Å². The van der Waals surface area contributed by atoms with Crippen LogP contribution in [-0.2, 0) is 14.8 Å². The number of carbonyl (C=O) groups is 1. The summed E-state index contributed by atoms with van der Waals surface area (Å²) in [4.78, 5) is 17.7. The van der Waals surface area contributed by atoms with E-state index in [4.69, 9.17) is 27.5 Å². The highest BCUT2D eigenvalue weighted by Crippen LogP contribution is 2.33. The van der Waals surface area contributed by atoms with Crippen LogP contribution in [0.3, 0.4) is 0 Å². The lowest BCUT2D eigenvalue weighted by atomic mass is 10.1. The largest absolute Gasteiger partial charge is 0.489 e. The molecule has 3 aromatic rings. The van der Waals surface area contributed by atoms with Crippen LogP contribution < -0.4 is 19.7 Å². The summed E-state index contributed by atoms with van der Waals surface area (Å²) in [6.07, 6.45) is 8.34. The van der Waals surface area contributed by atoms with Crippen LogP contribution in [0.25, 0.3) is 6.08 Å². The standard InChI is InChI=1S/C28H30ClN5O5S/c29-25-17-22(8-9-26(25)39-24-10-14-33(15-11-24)23-7-2-12-32-18-23)34(40(37,38)19-27(35)36)13-3-5-20-4-1-6-21(16-20)28(30)31/h1-9,12,16-18,24H,10-11,13-15,19H2,(H3,30,31)(H,35,36)/b5-3+. The number of sulfonamides is 1. The molecule has 40 heavy (non-hydrogen) atoms. The molecule has 1 saturated heterocycles. The number of carboxylic acids is 1. The fraction of sp³-hybridized carbons (Fsp3) is 0.250. The fourth-order valence-corrected chi connectivity index (χ4v) is 5.84. The Morgan fingerprint density at radius 2 is 1.98 bits per heavy atom. The lowest BCUT2D eigenvalue weighted by molar-refractivity contribution is -0.134. The maximum atomic E-state index is 13.0. The topological polar surface area (TPSA) is 150 Å². The number of pyridine rings is 1. The maximum Gasteiger partial charge on any atom is 0.320 e. The summed E-state index contributed by atoms with van der Waals surface area (Å²) in [5, 5.41) is 17.0. The van der Waals surface area contributed by atoms with Crippen molar-refractivity contribution in [2.75, 3.05) is 34.6 Å². The van der Waals surface area contributed by atoms with E-state index >= 15 is 0 Å². The van der Waals surface area contributed by atoms with Gasteiger partial charge in [0, 0.05) is 37.7 Å². The number of anilines is 2. The number of nitrogens with zero attached hydrogens (tertiary/aromatic N) is 3. The Morgan fingerprint density at radius 1 is 1.20 bits per heavy atom. The van der Waals surface area contributed by atoms with E-state index in [1.54, 1.807) is 54.7 Å². The first kappa shape index (κ1) is 28.9. The van der Waals surface area contributed by atoms with Crippen LogP contribution in [0, 0.1) is 5.41 Å². The van der Waals surface area contributed by atoms with E-state index in [2.05, 4.69) is 9.88 Å². The number of hydrogen-bond donors (Lipinski definition) is 3. The third kappa shape index (κ3) is 7.51. The van der Waals surface area contributed by atoms with Gasteiger partial charge >= 0.3 is 5.97 Å². The minimum absolute atomic E-state index is 0.0585. The summed E-state index contributed by atoms with van der Waals surface area (Å²) < 4.78 is 33.1. The van der Waals surface area contributed by atoms with Crippen molar-refractivity contribution in [1.82, 2.24) is 4.98 Å². The number of aliphatic carboxylic acids is 1. The molecular weight excluding hydrogens is 554 g/mol. The molecule has 0 saturated carbocycles. The van der Waals surface area contributed by atoms with Crippen molar-refractivity contribution in [1.29, 1.82) is 5.41 Å². The van der Waals surface area contributed by atoms with Gasteiger partial charge in [0.1, 0.15) is 17.7 Å². The second kappa shape index (κ2) is 12.8. The van der Waals surface area contributed by atoms with Crippen molar-refractivity contribution in [3.8, 4) is 5.75 Å². The number of carboxylic acid groups (broad SMARTS) is 1. The number of nitrogens with two attached hydrogens (primary N) is 1. The molecule has 210 valence electrons. The minimum Gasteiger partial charge on any atom is -0.489 e. The van der Waals surface area contributed by atoms with Crippen molar-refractivity contribution >= 4 is 50.9 Å². The first-order valence-electron chi connectivity index (χ1n) is 12.6. The van der Waals surface area contributed by atoms with Crippen LogP contribution in [0.5, 0.6) is 5.75 Å². The molecule has 12 heteroatoms. The molecule has 0 radical (unpaired) electrons. The number of ether oxygens (including phenoxy) is 1. The molecular formula is C28H30ClN5O5S. The third-order valence-electron chi connectivity index (χ3n) is 6.37. The number of amidine groups is 1. The van der Waals surface area contributed by atoms with Crippen LogP contribution >= 0.6 is 11.6 Å². The van der Waals surface area contributed by atoms with E-state index in [1.807, 2.05) is 18.3 Å². The fourth-order valence-electron chi connectivity index (χ4n) is 4.40. The lowest BCUT2D eigenvalue weighted by Gasteiger charge is -2.33. The van der Waals surface area contributed by atoms with Crippen LogP contribution in [-0.4, -0.2) is 61.8 Å². The smallest absolute Gasteiger partial charge is 0.320 e. The molecule has 0 unspecified atom stereocenters. The normalized spacial score (nSPS) is 14.3.